The number of Topliss-reactive ketones (excluding diaryl/α,β-unsaturated/α-hetero) is 1. The highest BCUT2D eigenvalue weighted by Gasteiger charge is 2.29. The van der Waals surface area contributed by atoms with Crippen molar-refractivity contribution in [2.24, 2.45) is 0 Å². The van der Waals surface area contributed by atoms with Crippen LogP contribution in [-0.4, -0.2) is 54.5 Å². The molecule has 0 bridgehead atoms. The zero-order valence-corrected chi connectivity index (χ0v) is 22.4. The fourth-order valence-electron chi connectivity index (χ4n) is 4.78. The third kappa shape index (κ3) is 5.70. The maximum Gasteiger partial charge on any atom is 0.281 e. The topological polar surface area (TPSA) is 92.6 Å². The van der Waals surface area contributed by atoms with Crippen LogP contribution in [0.2, 0.25) is 0 Å². The Bertz CT molecular complexity index is 1710. The van der Waals surface area contributed by atoms with Gasteiger partial charge in [-0.3, -0.25) is 9.59 Å². The van der Waals surface area contributed by atoms with Crippen LogP contribution in [0.15, 0.2) is 83.8 Å². The smallest absolute Gasteiger partial charge is 0.281 e. The molecule has 1 aromatic heterocycles. The maximum absolute atomic E-state index is 14.0. The highest BCUT2D eigenvalue weighted by molar-refractivity contribution is 7.88. The number of carbonyl (C=O) groups is 1. The van der Waals surface area contributed by atoms with Crippen LogP contribution >= 0.6 is 0 Å². The molecule has 0 saturated carbocycles. The second-order valence-electron chi connectivity index (χ2n) is 9.51. The maximum atomic E-state index is 14.0. The monoisotopic (exact) mass is 564 g/mol. The molecule has 0 spiro atoms. The fourth-order valence-corrected chi connectivity index (χ4v) is 6.29. The number of piperazine rings is 1. The van der Waals surface area contributed by atoms with Crippen molar-refractivity contribution in [3.05, 3.63) is 112 Å². The SMILES string of the molecule is CC(=O)c1cccc(-c2c(N3CCN(S(=O)(=O)Cc4ccccc4)CC3)cnn(-c3cc(F)cc(F)c3)c2=O)c1. The lowest BCUT2D eigenvalue weighted by atomic mass is 10.0. The van der Waals surface area contributed by atoms with Gasteiger partial charge in [0.2, 0.25) is 10.0 Å². The summed E-state index contributed by atoms with van der Waals surface area (Å²) in [5.41, 5.74) is 1.40. The van der Waals surface area contributed by atoms with Crippen molar-refractivity contribution in [3.8, 4) is 16.8 Å². The van der Waals surface area contributed by atoms with Crippen LogP contribution in [0.3, 0.4) is 0 Å². The molecule has 1 saturated heterocycles. The second kappa shape index (κ2) is 11.1. The Balaban J connectivity index is 1.51. The average molecular weight is 565 g/mol. The van der Waals surface area contributed by atoms with Crippen molar-refractivity contribution < 1.29 is 22.0 Å². The molecule has 1 aliphatic heterocycles. The molecule has 1 fully saturated rings. The molecule has 0 unspecified atom stereocenters. The largest absolute Gasteiger partial charge is 0.367 e. The molecule has 4 aromatic rings. The molecule has 11 heteroatoms. The quantitative estimate of drug-likeness (QED) is 0.315. The van der Waals surface area contributed by atoms with E-state index in [0.29, 0.717) is 28.4 Å². The summed E-state index contributed by atoms with van der Waals surface area (Å²) in [6, 6.07) is 18.2. The van der Waals surface area contributed by atoms with E-state index >= 15 is 0 Å². The number of halogens is 2. The standard InChI is InChI=1S/C29H26F2N4O4S/c1-20(36)22-8-5-9-23(14-22)28-27(18-32-35(29(28)37)26-16-24(30)15-25(31)17-26)33-10-12-34(13-11-33)40(38,39)19-21-6-3-2-4-7-21/h2-9,14-18H,10-13,19H2,1H3. The highest BCUT2D eigenvalue weighted by atomic mass is 32.2. The van der Waals surface area contributed by atoms with Gasteiger partial charge in [0, 0.05) is 37.8 Å². The van der Waals surface area contributed by atoms with Gasteiger partial charge in [-0.25, -0.2) is 17.2 Å². The number of nitrogens with zero attached hydrogens (tertiary/aromatic N) is 4. The molecular weight excluding hydrogens is 538 g/mol. The van der Waals surface area contributed by atoms with Gasteiger partial charge in [-0.15, -0.1) is 0 Å². The van der Waals surface area contributed by atoms with Crippen LogP contribution < -0.4 is 10.5 Å². The number of anilines is 1. The molecule has 0 radical (unpaired) electrons. The number of benzene rings is 3. The third-order valence-corrected chi connectivity index (χ3v) is 8.62. The summed E-state index contributed by atoms with van der Waals surface area (Å²) in [5, 5.41) is 4.20. The molecule has 0 atom stereocenters. The number of aromatic nitrogens is 2. The summed E-state index contributed by atoms with van der Waals surface area (Å²) in [5.74, 6) is -2.03. The predicted octanol–water partition coefficient (Wildman–Crippen LogP) is 4.03. The van der Waals surface area contributed by atoms with Crippen molar-refractivity contribution >= 4 is 21.5 Å². The van der Waals surface area contributed by atoms with Gasteiger partial charge in [0.1, 0.15) is 11.6 Å². The summed E-state index contributed by atoms with van der Waals surface area (Å²) in [6.07, 6.45) is 1.42. The van der Waals surface area contributed by atoms with E-state index in [4.69, 9.17) is 0 Å². The zero-order valence-electron chi connectivity index (χ0n) is 21.6. The van der Waals surface area contributed by atoms with Gasteiger partial charge in [-0.05, 0) is 36.2 Å². The van der Waals surface area contributed by atoms with Gasteiger partial charge in [-0.1, -0.05) is 48.5 Å². The first-order chi connectivity index (χ1) is 19.1. The van der Waals surface area contributed by atoms with Gasteiger partial charge in [-0.2, -0.15) is 14.1 Å². The van der Waals surface area contributed by atoms with Crippen LogP contribution in [0.5, 0.6) is 0 Å². The first-order valence-corrected chi connectivity index (χ1v) is 14.2. The van der Waals surface area contributed by atoms with Crippen LogP contribution in [0.25, 0.3) is 16.8 Å². The van der Waals surface area contributed by atoms with E-state index in [-0.39, 0.29) is 49.0 Å². The Morgan fingerprint density at radius 2 is 1.57 bits per heavy atom. The molecule has 5 rings (SSSR count). The van der Waals surface area contributed by atoms with E-state index in [1.54, 1.807) is 48.5 Å². The molecule has 8 nitrogen and oxygen atoms in total. The molecule has 2 heterocycles. The van der Waals surface area contributed by atoms with Crippen LogP contribution in [0, 0.1) is 11.6 Å². The lowest BCUT2D eigenvalue weighted by Gasteiger charge is -2.36. The summed E-state index contributed by atoms with van der Waals surface area (Å²) in [4.78, 5) is 27.7. The molecular formula is C29H26F2N4O4S. The first-order valence-electron chi connectivity index (χ1n) is 12.6. The number of carbonyl (C=O) groups excluding carboxylic acids is 1. The van der Waals surface area contributed by atoms with Crippen LogP contribution in [-0.2, 0) is 15.8 Å². The van der Waals surface area contributed by atoms with Gasteiger partial charge in [0.05, 0.1) is 28.9 Å². The van der Waals surface area contributed by atoms with Crippen molar-refractivity contribution in [1.82, 2.24) is 14.1 Å². The Morgan fingerprint density at radius 3 is 2.23 bits per heavy atom. The minimum Gasteiger partial charge on any atom is -0.367 e. The number of ketones is 1. The number of sulfonamides is 1. The fraction of sp³-hybridized carbons (Fsp3) is 0.207. The lowest BCUT2D eigenvalue weighted by Crippen LogP contribution is -2.49. The van der Waals surface area contributed by atoms with Gasteiger partial charge < -0.3 is 4.90 Å². The molecule has 40 heavy (non-hydrogen) atoms. The molecule has 0 aliphatic carbocycles. The Morgan fingerprint density at radius 1 is 0.900 bits per heavy atom. The molecule has 0 amide bonds. The lowest BCUT2D eigenvalue weighted by molar-refractivity contribution is 0.101. The minimum atomic E-state index is -3.56. The summed E-state index contributed by atoms with van der Waals surface area (Å²) < 4.78 is 56.4. The van der Waals surface area contributed by atoms with Crippen molar-refractivity contribution in [1.29, 1.82) is 0 Å². The average Bonchev–Trinajstić information content (AvgIpc) is 2.93. The molecule has 3 aromatic carbocycles. The van der Waals surface area contributed by atoms with Crippen molar-refractivity contribution in [2.45, 2.75) is 12.7 Å². The number of hydrogen-bond acceptors (Lipinski definition) is 6. The van der Waals surface area contributed by atoms with Crippen LogP contribution in [0.1, 0.15) is 22.8 Å². The van der Waals surface area contributed by atoms with E-state index in [1.807, 2.05) is 11.0 Å². The highest BCUT2D eigenvalue weighted by Crippen LogP contribution is 2.30. The molecule has 206 valence electrons. The molecule has 0 N–H and O–H groups in total. The third-order valence-electron chi connectivity index (χ3n) is 6.77. The second-order valence-corrected chi connectivity index (χ2v) is 11.5. The Hall–Kier alpha value is -4.22. The van der Waals surface area contributed by atoms with E-state index < -0.39 is 27.2 Å². The first kappa shape index (κ1) is 27.4. The van der Waals surface area contributed by atoms with Gasteiger partial charge >= 0.3 is 0 Å². The zero-order chi connectivity index (χ0) is 28.4. The van der Waals surface area contributed by atoms with Gasteiger partial charge in [0.25, 0.3) is 5.56 Å². The Labute approximate surface area is 230 Å². The normalized spacial score (nSPS) is 14.3. The Kier molecular flexibility index (Phi) is 7.59. The van der Waals surface area contributed by atoms with E-state index in [2.05, 4.69) is 5.10 Å². The van der Waals surface area contributed by atoms with E-state index in [0.717, 1.165) is 16.8 Å². The van der Waals surface area contributed by atoms with E-state index in [1.165, 1.54) is 17.4 Å². The number of hydrogen-bond donors (Lipinski definition) is 0. The summed E-state index contributed by atoms with van der Waals surface area (Å²) in [6.45, 7) is 2.37. The summed E-state index contributed by atoms with van der Waals surface area (Å²) in [7, 11) is -3.56. The number of rotatable bonds is 7. The van der Waals surface area contributed by atoms with Crippen LogP contribution in [0.4, 0.5) is 14.5 Å². The van der Waals surface area contributed by atoms with Crippen molar-refractivity contribution in [3.63, 3.8) is 0 Å². The summed E-state index contributed by atoms with van der Waals surface area (Å²) >= 11 is 0. The van der Waals surface area contributed by atoms with Crippen molar-refractivity contribution in [2.75, 3.05) is 31.1 Å². The van der Waals surface area contributed by atoms with E-state index in [9.17, 15) is 26.8 Å². The van der Waals surface area contributed by atoms with Gasteiger partial charge in [0.15, 0.2) is 5.78 Å². The minimum absolute atomic E-state index is 0.0881. The molecule has 1 aliphatic rings. The predicted molar refractivity (Wildman–Crippen MR) is 148 cm³/mol.